The second-order valence-corrected chi connectivity index (χ2v) is 6.89. The number of aryl methyl sites for hydroxylation is 1. The van der Waals surface area contributed by atoms with Crippen LogP contribution in [0, 0.1) is 5.82 Å². The molecule has 0 fully saturated rings. The van der Waals surface area contributed by atoms with E-state index in [1.54, 1.807) is 0 Å². The Bertz CT molecular complexity index is 1150. The summed E-state index contributed by atoms with van der Waals surface area (Å²) >= 11 is 0. The van der Waals surface area contributed by atoms with Crippen molar-refractivity contribution in [2.75, 3.05) is 7.11 Å². The summed E-state index contributed by atoms with van der Waals surface area (Å²) in [5.74, 6) is -1.50. The number of carbonyl (C=O) groups is 1. The van der Waals surface area contributed by atoms with Crippen molar-refractivity contribution in [1.29, 1.82) is 0 Å². The predicted molar refractivity (Wildman–Crippen MR) is 100 cm³/mol. The van der Waals surface area contributed by atoms with Crippen molar-refractivity contribution in [3.63, 3.8) is 0 Å². The van der Waals surface area contributed by atoms with Crippen molar-refractivity contribution in [2.45, 2.75) is 31.7 Å². The van der Waals surface area contributed by atoms with Crippen molar-refractivity contribution in [2.24, 2.45) is 0 Å². The smallest absolute Gasteiger partial charge is 0.481 e. The first-order valence-corrected chi connectivity index (χ1v) is 9.45. The molecule has 1 aliphatic carbocycles. The Labute approximate surface area is 178 Å². The highest BCUT2D eigenvalue weighted by molar-refractivity contribution is 5.94. The van der Waals surface area contributed by atoms with Gasteiger partial charge in [0.1, 0.15) is 5.76 Å². The van der Waals surface area contributed by atoms with Gasteiger partial charge in [0.15, 0.2) is 5.82 Å². The number of fused-ring (bicyclic) bond motifs is 1. The van der Waals surface area contributed by atoms with Gasteiger partial charge in [-0.05, 0) is 25.3 Å². The van der Waals surface area contributed by atoms with Gasteiger partial charge in [0.2, 0.25) is 17.7 Å². The van der Waals surface area contributed by atoms with Crippen molar-refractivity contribution < 1.29 is 36.2 Å². The van der Waals surface area contributed by atoms with Crippen LogP contribution in [0.5, 0.6) is 11.8 Å². The topological polar surface area (TPSA) is 99.4 Å². The number of aromatic nitrogens is 3. The predicted octanol–water partition coefficient (Wildman–Crippen LogP) is 3.99. The van der Waals surface area contributed by atoms with E-state index in [4.69, 9.17) is 9.15 Å². The van der Waals surface area contributed by atoms with Crippen LogP contribution in [-0.2, 0) is 6.42 Å². The number of methoxy groups -OCH3 is 1. The van der Waals surface area contributed by atoms with E-state index in [-0.39, 0.29) is 22.9 Å². The number of nitrogens with one attached hydrogen (secondary N) is 1. The summed E-state index contributed by atoms with van der Waals surface area (Å²) in [6.45, 7) is 0. The van der Waals surface area contributed by atoms with Crippen molar-refractivity contribution in [3.8, 4) is 23.2 Å². The van der Waals surface area contributed by atoms with Crippen LogP contribution in [0.25, 0.3) is 11.5 Å². The van der Waals surface area contributed by atoms with Gasteiger partial charge in [-0.1, -0.05) is 0 Å². The van der Waals surface area contributed by atoms with E-state index in [2.05, 4.69) is 25.0 Å². The number of hydrogen-bond donors (Lipinski definition) is 1. The lowest BCUT2D eigenvalue weighted by molar-refractivity contribution is -0.276. The molecule has 1 amide bonds. The average Bonchev–Trinajstić information content (AvgIpc) is 3.18. The van der Waals surface area contributed by atoms with Crippen molar-refractivity contribution in [1.82, 2.24) is 20.3 Å². The highest BCUT2D eigenvalue weighted by Gasteiger charge is 2.33. The molecule has 3 aromatic heterocycles. The Hall–Kier alpha value is -3.70. The van der Waals surface area contributed by atoms with E-state index in [0.29, 0.717) is 30.7 Å². The van der Waals surface area contributed by atoms with Crippen LogP contribution in [-0.4, -0.2) is 34.3 Å². The van der Waals surface area contributed by atoms with Gasteiger partial charge < -0.3 is 19.2 Å². The third-order valence-electron chi connectivity index (χ3n) is 4.74. The van der Waals surface area contributed by atoms with Crippen molar-refractivity contribution in [3.05, 3.63) is 53.4 Å². The molecule has 4 rings (SSSR count). The van der Waals surface area contributed by atoms with Gasteiger partial charge in [-0.3, -0.25) is 4.79 Å². The number of halogens is 4. The maximum Gasteiger partial charge on any atom is 0.574 e. The molecule has 0 spiro atoms. The van der Waals surface area contributed by atoms with Crippen molar-refractivity contribution >= 4 is 5.91 Å². The quantitative estimate of drug-likeness (QED) is 0.585. The summed E-state index contributed by atoms with van der Waals surface area (Å²) in [6, 6.07) is 2.89. The molecule has 1 aliphatic rings. The van der Waals surface area contributed by atoms with Crippen LogP contribution in [0.1, 0.15) is 40.7 Å². The molecule has 0 bridgehead atoms. The van der Waals surface area contributed by atoms with Gasteiger partial charge in [0.25, 0.3) is 5.91 Å². The first-order chi connectivity index (χ1) is 15.2. The number of ether oxygens (including phenoxy) is 2. The SMILES string of the molecule is COc1cc(-c2nc3c(o2)[C@@H](NC(=O)c2ccnc(OC(F)(F)F)c2)CCC3)c(F)cn1. The Kier molecular flexibility index (Phi) is 5.68. The first-order valence-electron chi connectivity index (χ1n) is 9.45. The number of rotatable bonds is 5. The van der Waals surface area contributed by atoms with Crippen LogP contribution >= 0.6 is 0 Å². The fraction of sp³-hybridized carbons (Fsp3) is 0.300. The molecule has 32 heavy (non-hydrogen) atoms. The number of pyridine rings is 2. The third-order valence-corrected chi connectivity index (χ3v) is 4.74. The molecule has 0 saturated carbocycles. The molecule has 12 heteroatoms. The molecular formula is C20H16F4N4O4. The molecule has 0 aliphatic heterocycles. The summed E-state index contributed by atoms with van der Waals surface area (Å²) in [6.07, 6.45) is -1.16. The molecular weight excluding hydrogens is 436 g/mol. The average molecular weight is 452 g/mol. The third kappa shape index (κ3) is 4.63. The Morgan fingerprint density at radius 3 is 2.81 bits per heavy atom. The minimum atomic E-state index is -4.93. The van der Waals surface area contributed by atoms with E-state index < -0.39 is 30.0 Å². The number of oxazole rings is 1. The van der Waals surface area contributed by atoms with E-state index in [0.717, 1.165) is 18.5 Å². The zero-order chi connectivity index (χ0) is 22.9. The zero-order valence-corrected chi connectivity index (χ0v) is 16.6. The number of amides is 1. The van der Waals surface area contributed by atoms with Crippen LogP contribution in [0.15, 0.2) is 35.0 Å². The van der Waals surface area contributed by atoms with E-state index in [1.165, 1.54) is 19.2 Å². The number of alkyl halides is 3. The Balaban J connectivity index is 1.57. The zero-order valence-electron chi connectivity index (χ0n) is 16.6. The number of carbonyl (C=O) groups excluding carboxylic acids is 1. The molecule has 8 nitrogen and oxygen atoms in total. The first kappa shape index (κ1) is 21.5. The Morgan fingerprint density at radius 1 is 1.25 bits per heavy atom. The van der Waals surface area contributed by atoms with E-state index in [1.807, 2.05) is 0 Å². The normalized spacial score (nSPS) is 15.7. The summed E-state index contributed by atoms with van der Waals surface area (Å²) in [5, 5.41) is 2.72. The summed E-state index contributed by atoms with van der Waals surface area (Å²) in [7, 11) is 1.39. The maximum atomic E-state index is 14.3. The molecule has 3 aromatic rings. The molecule has 0 aromatic carbocycles. The van der Waals surface area contributed by atoms with Gasteiger partial charge in [0.05, 0.1) is 30.6 Å². The minimum absolute atomic E-state index is 0.0131. The monoisotopic (exact) mass is 452 g/mol. The van der Waals surface area contributed by atoms with Gasteiger partial charge in [-0.15, -0.1) is 13.2 Å². The van der Waals surface area contributed by atoms with Gasteiger partial charge in [0, 0.05) is 23.9 Å². The van der Waals surface area contributed by atoms with Gasteiger partial charge >= 0.3 is 6.36 Å². The van der Waals surface area contributed by atoms with Crippen LogP contribution < -0.4 is 14.8 Å². The molecule has 1 atom stereocenters. The lowest BCUT2D eigenvalue weighted by Gasteiger charge is -2.21. The largest absolute Gasteiger partial charge is 0.574 e. The highest BCUT2D eigenvalue weighted by atomic mass is 19.4. The minimum Gasteiger partial charge on any atom is -0.481 e. The standard InChI is InChI=1S/C20H16F4N4O4/c1-30-15-8-11(12(21)9-26-15)19-28-14-4-2-3-13(17(14)31-19)27-18(29)10-5-6-25-16(7-10)32-20(22,23)24/h5-9,13H,2-4H2,1H3,(H,27,29)/t13-/m0/s1. The van der Waals surface area contributed by atoms with Crippen LogP contribution in [0.4, 0.5) is 17.6 Å². The summed E-state index contributed by atoms with van der Waals surface area (Å²) in [5.41, 5.74) is 0.540. The fourth-order valence-electron chi connectivity index (χ4n) is 3.33. The summed E-state index contributed by atoms with van der Waals surface area (Å²) < 4.78 is 66.0. The molecule has 168 valence electrons. The second-order valence-electron chi connectivity index (χ2n) is 6.89. The van der Waals surface area contributed by atoms with Gasteiger partial charge in [-0.25, -0.2) is 19.3 Å². The van der Waals surface area contributed by atoms with Crippen LogP contribution in [0.2, 0.25) is 0 Å². The van der Waals surface area contributed by atoms with Gasteiger partial charge in [-0.2, -0.15) is 0 Å². The highest BCUT2D eigenvalue weighted by Crippen LogP contribution is 2.35. The van der Waals surface area contributed by atoms with Crippen LogP contribution in [0.3, 0.4) is 0 Å². The molecule has 0 unspecified atom stereocenters. The maximum absolute atomic E-state index is 14.3. The molecule has 0 saturated heterocycles. The molecule has 0 radical (unpaired) electrons. The number of hydrogen-bond acceptors (Lipinski definition) is 7. The lowest BCUT2D eigenvalue weighted by atomic mass is 9.97. The molecule has 1 N–H and O–H groups in total. The second kappa shape index (κ2) is 8.44. The molecule has 3 heterocycles. The lowest BCUT2D eigenvalue weighted by Crippen LogP contribution is -2.30. The Morgan fingerprint density at radius 2 is 2.06 bits per heavy atom. The van der Waals surface area contributed by atoms with E-state index >= 15 is 0 Å². The fourth-order valence-corrected chi connectivity index (χ4v) is 3.33. The number of nitrogens with zero attached hydrogens (tertiary/aromatic N) is 3. The summed E-state index contributed by atoms with van der Waals surface area (Å²) in [4.78, 5) is 24.2. The van der Waals surface area contributed by atoms with E-state index in [9.17, 15) is 22.4 Å².